The van der Waals surface area contributed by atoms with Gasteiger partial charge in [0.15, 0.2) is 0 Å². The third-order valence-corrected chi connectivity index (χ3v) is 7.82. The molecular weight excluding hydrogens is 541 g/mol. The summed E-state index contributed by atoms with van der Waals surface area (Å²) in [7, 11) is 1.59. The molecule has 5 rings (SSSR count). The van der Waals surface area contributed by atoms with E-state index in [1.54, 1.807) is 36.3 Å². The summed E-state index contributed by atoms with van der Waals surface area (Å²) < 4.78 is 24.6. The first-order chi connectivity index (χ1) is 20.5. The van der Waals surface area contributed by atoms with Gasteiger partial charge in [0.1, 0.15) is 24.2 Å². The van der Waals surface area contributed by atoms with Crippen LogP contribution in [-0.2, 0) is 20.9 Å². The third kappa shape index (κ3) is 7.68. The molecular formula is C30H38FN7O4. The van der Waals surface area contributed by atoms with E-state index in [9.17, 15) is 14.0 Å². The van der Waals surface area contributed by atoms with E-state index in [0.717, 1.165) is 50.9 Å². The molecule has 12 heteroatoms. The number of hydrogen-bond acceptors (Lipinski definition) is 8. The van der Waals surface area contributed by atoms with Crippen LogP contribution in [0.25, 0.3) is 11.4 Å². The highest BCUT2D eigenvalue weighted by Gasteiger charge is 2.33. The summed E-state index contributed by atoms with van der Waals surface area (Å²) >= 11 is 0. The zero-order valence-electron chi connectivity index (χ0n) is 24.0. The summed E-state index contributed by atoms with van der Waals surface area (Å²) in [6.45, 7) is 3.91. The minimum absolute atomic E-state index is 0.0646. The van der Waals surface area contributed by atoms with Crippen molar-refractivity contribution in [1.29, 1.82) is 0 Å². The molecule has 2 amide bonds. The maximum absolute atomic E-state index is 13.9. The van der Waals surface area contributed by atoms with Crippen molar-refractivity contribution in [3.63, 3.8) is 0 Å². The van der Waals surface area contributed by atoms with E-state index in [2.05, 4.69) is 25.6 Å². The molecule has 2 fully saturated rings. The Labute approximate surface area is 245 Å². The first-order valence-electron chi connectivity index (χ1n) is 14.6. The van der Waals surface area contributed by atoms with E-state index in [1.165, 1.54) is 16.9 Å². The van der Waals surface area contributed by atoms with Crippen LogP contribution in [0.1, 0.15) is 43.7 Å². The summed E-state index contributed by atoms with van der Waals surface area (Å²) in [5, 5.41) is 15.8. The van der Waals surface area contributed by atoms with Crippen LogP contribution in [0.15, 0.2) is 48.5 Å². The Kier molecular flexibility index (Phi) is 10.1. The summed E-state index contributed by atoms with van der Waals surface area (Å²) in [6, 6.07) is 12.2. The van der Waals surface area contributed by atoms with Gasteiger partial charge in [-0.25, -0.2) is 4.39 Å². The van der Waals surface area contributed by atoms with Crippen LogP contribution < -0.4 is 10.1 Å². The number of halogens is 1. The average Bonchev–Trinajstić information content (AvgIpc) is 3.70. The van der Waals surface area contributed by atoms with Crippen molar-refractivity contribution in [2.24, 2.45) is 0 Å². The smallest absolute Gasteiger partial charge is 0.247 e. The maximum Gasteiger partial charge on any atom is 0.247 e. The quantitative estimate of drug-likeness (QED) is 0.349. The normalized spacial score (nSPS) is 16.7. The summed E-state index contributed by atoms with van der Waals surface area (Å²) in [5.41, 5.74) is 1.29. The van der Waals surface area contributed by atoms with Gasteiger partial charge in [0.05, 0.1) is 20.3 Å². The number of aromatic nitrogens is 4. The number of nitrogens with zero attached hydrogens (tertiary/aromatic N) is 6. The fourth-order valence-electron chi connectivity index (χ4n) is 5.53. The van der Waals surface area contributed by atoms with Gasteiger partial charge in [0.2, 0.25) is 17.6 Å². The summed E-state index contributed by atoms with van der Waals surface area (Å²) in [5.74, 6) is 0.0807. The lowest BCUT2D eigenvalue weighted by molar-refractivity contribution is -0.142. The number of benzene rings is 2. The van der Waals surface area contributed by atoms with E-state index in [4.69, 9.17) is 9.47 Å². The number of carbonyl (C=O) groups is 2. The Balaban J connectivity index is 1.37. The Morgan fingerprint density at radius 1 is 1.10 bits per heavy atom. The van der Waals surface area contributed by atoms with Gasteiger partial charge in [-0.1, -0.05) is 25.0 Å². The molecule has 3 aromatic rings. The second kappa shape index (κ2) is 14.3. The largest absolute Gasteiger partial charge is 0.497 e. The molecule has 2 aromatic carbocycles. The van der Waals surface area contributed by atoms with Crippen LogP contribution >= 0.6 is 0 Å². The van der Waals surface area contributed by atoms with Gasteiger partial charge in [-0.05, 0) is 66.4 Å². The molecule has 1 aliphatic heterocycles. The highest BCUT2D eigenvalue weighted by Crippen LogP contribution is 2.26. The molecule has 1 atom stereocenters. The number of hydrogen-bond donors (Lipinski definition) is 1. The molecule has 42 heavy (non-hydrogen) atoms. The second-order valence-electron chi connectivity index (χ2n) is 10.7. The van der Waals surface area contributed by atoms with Crippen LogP contribution in [-0.4, -0.2) is 94.4 Å². The fraction of sp³-hybridized carbons (Fsp3) is 0.500. The van der Waals surface area contributed by atoms with Crippen molar-refractivity contribution in [1.82, 2.24) is 35.3 Å². The number of rotatable bonds is 12. The molecule has 2 aliphatic rings. The van der Waals surface area contributed by atoms with Gasteiger partial charge >= 0.3 is 0 Å². The molecule has 1 saturated carbocycles. The first kappa shape index (κ1) is 29.6. The lowest BCUT2D eigenvalue weighted by Crippen LogP contribution is -2.48. The van der Waals surface area contributed by atoms with Gasteiger partial charge in [0.25, 0.3) is 0 Å². The Bertz CT molecular complexity index is 1310. The molecule has 1 saturated heterocycles. The molecule has 11 nitrogen and oxygen atoms in total. The Morgan fingerprint density at radius 2 is 1.81 bits per heavy atom. The summed E-state index contributed by atoms with van der Waals surface area (Å²) in [6.07, 6.45) is 4.58. The van der Waals surface area contributed by atoms with Crippen LogP contribution in [0.5, 0.6) is 5.75 Å². The van der Waals surface area contributed by atoms with Gasteiger partial charge in [-0.15, -0.1) is 10.2 Å². The molecule has 224 valence electrons. The second-order valence-corrected chi connectivity index (χ2v) is 10.7. The van der Waals surface area contributed by atoms with Crippen LogP contribution in [0.3, 0.4) is 0 Å². The lowest BCUT2D eigenvalue weighted by Gasteiger charge is -2.33. The van der Waals surface area contributed by atoms with E-state index in [0.29, 0.717) is 43.3 Å². The minimum Gasteiger partial charge on any atom is -0.497 e. The Hall–Kier alpha value is -3.90. The van der Waals surface area contributed by atoms with Gasteiger partial charge < -0.3 is 19.7 Å². The number of nitrogens with one attached hydrogen (secondary N) is 1. The zero-order chi connectivity index (χ0) is 29.3. The van der Waals surface area contributed by atoms with Crippen molar-refractivity contribution in [2.75, 3.05) is 46.5 Å². The van der Waals surface area contributed by atoms with E-state index in [1.807, 2.05) is 12.1 Å². The van der Waals surface area contributed by atoms with Crippen molar-refractivity contribution < 1.29 is 23.5 Å². The van der Waals surface area contributed by atoms with Crippen LogP contribution in [0.4, 0.5) is 4.39 Å². The van der Waals surface area contributed by atoms with Crippen LogP contribution in [0, 0.1) is 5.82 Å². The predicted molar refractivity (Wildman–Crippen MR) is 153 cm³/mol. The zero-order valence-corrected chi connectivity index (χ0v) is 24.0. The topological polar surface area (TPSA) is 115 Å². The van der Waals surface area contributed by atoms with Crippen molar-refractivity contribution in [3.8, 4) is 17.1 Å². The third-order valence-electron chi connectivity index (χ3n) is 7.82. The first-order valence-corrected chi connectivity index (χ1v) is 14.6. The molecule has 0 unspecified atom stereocenters. The van der Waals surface area contributed by atoms with Crippen molar-refractivity contribution in [2.45, 2.75) is 50.7 Å². The van der Waals surface area contributed by atoms with Gasteiger partial charge in [-0.3, -0.25) is 14.5 Å². The monoisotopic (exact) mass is 579 g/mol. The predicted octanol–water partition coefficient (Wildman–Crippen LogP) is 2.84. The molecule has 1 N–H and O–H groups in total. The molecule has 0 spiro atoms. The number of methoxy groups -OCH3 is 1. The SMILES string of the molecule is COc1ccc(-c2nnn(CC(=O)N(CCCN3CCOCC3)[C@H](C(=O)NC3CCCC3)c3ccc(F)cc3)n2)cc1. The molecule has 2 heterocycles. The molecule has 1 aromatic heterocycles. The van der Waals surface area contributed by atoms with Crippen molar-refractivity contribution >= 4 is 11.8 Å². The maximum atomic E-state index is 13.9. The molecule has 1 aliphatic carbocycles. The number of morpholine rings is 1. The number of tetrazole rings is 1. The standard InChI is InChI=1S/C30H38FN7O4/c1-41-26-13-9-23(10-14-26)29-33-35-38(34-29)21-27(39)37(16-4-15-36-17-19-42-20-18-36)28(22-7-11-24(31)12-8-22)30(40)32-25-5-2-3-6-25/h7-14,25,28H,2-6,15-21H2,1H3,(H,32,40)/t28-/m0/s1. The highest BCUT2D eigenvalue weighted by molar-refractivity contribution is 5.89. The number of ether oxygens (including phenoxy) is 2. The average molecular weight is 580 g/mol. The van der Waals surface area contributed by atoms with E-state index >= 15 is 0 Å². The fourth-order valence-corrected chi connectivity index (χ4v) is 5.53. The lowest BCUT2D eigenvalue weighted by atomic mass is 10.0. The summed E-state index contributed by atoms with van der Waals surface area (Å²) in [4.78, 5) is 32.9. The molecule has 0 bridgehead atoms. The van der Waals surface area contributed by atoms with Gasteiger partial charge in [-0.2, -0.15) is 4.80 Å². The minimum atomic E-state index is -0.923. The van der Waals surface area contributed by atoms with E-state index < -0.39 is 11.9 Å². The van der Waals surface area contributed by atoms with Crippen molar-refractivity contribution in [3.05, 3.63) is 59.9 Å². The Morgan fingerprint density at radius 3 is 2.50 bits per heavy atom. The highest BCUT2D eigenvalue weighted by atomic mass is 19.1. The van der Waals surface area contributed by atoms with Crippen LogP contribution in [0.2, 0.25) is 0 Å². The number of amides is 2. The number of carbonyl (C=O) groups excluding carboxylic acids is 2. The molecule has 0 radical (unpaired) electrons. The van der Waals surface area contributed by atoms with E-state index in [-0.39, 0.29) is 24.4 Å². The van der Waals surface area contributed by atoms with Gasteiger partial charge in [0, 0.05) is 37.8 Å².